The van der Waals surface area contributed by atoms with Crippen LogP contribution in [-0.2, 0) is 10.0 Å². The Kier molecular flexibility index (Phi) is 3.07. The van der Waals surface area contributed by atoms with E-state index < -0.39 is 10.0 Å². The summed E-state index contributed by atoms with van der Waals surface area (Å²) in [5, 5.41) is 8.70. The second-order valence-corrected chi connectivity index (χ2v) is 6.09. The Labute approximate surface area is 120 Å². The topological polar surface area (TPSA) is 76.9 Å². The molecule has 0 saturated carbocycles. The van der Waals surface area contributed by atoms with Crippen molar-refractivity contribution in [3.05, 3.63) is 54.1 Å². The molecule has 102 valence electrons. The van der Waals surface area contributed by atoms with Crippen LogP contribution in [0.1, 0.15) is 0 Å². The molecule has 0 aliphatic heterocycles. The van der Waals surface area contributed by atoms with Crippen LogP contribution < -0.4 is 4.83 Å². The van der Waals surface area contributed by atoms with E-state index in [-0.39, 0.29) is 4.90 Å². The van der Waals surface area contributed by atoms with Gasteiger partial charge in [-0.25, -0.2) is 9.51 Å². The average molecular weight is 309 g/mol. The Morgan fingerprint density at radius 2 is 1.70 bits per heavy atom. The summed E-state index contributed by atoms with van der Waals surface area (Å²) in [4.78, 5) is 2.44. The van der Waals surface area contributed by atoms with E-state index in [0.717, 1.165) is 10.1 Å². The molecule has 0 fully saturated rings. The Balaban J connectivity index is 2.19. The normalized spacial score (nSPS) is 11.7. The van der Waals surface area contributed by atoms with Crippen molar-refractivity contribution in [1.29, 1.82) is 0 Å². The second-order valence-electron chi connectivity index (χ2n) is 4.06. The molecule has 0 bridgehead atoms. The maximum Gasteiger partial charge on any atom is 0.276 e. The smallest absolute Gasteiger partial charge is 0.221 e. The summed E-state index contributed by atoms with van der Waals surface area (Å²) in [5.41, 5.74) is 0. The Bertz CT molecular complexity index is 857. The van der Waals surface area contributed by atoms with E-state index in [0.29, 0.717) is 10.4 Å². The molecule has 3 aromatic rings. The SMILES string of the molecule is O=S(=O)(Nn1cnnc1)c1cccc2cccc(Cl)c12. The highest BCUT2D eigenvalue weighted by Gasteiger charge is 2.19. The first-order valence-corrected chi connectivity index (χ1v) is 7.49. The number of hydrogen-bond donors (Lipinski definition) is 1. The first-order valence-electron chi connectivity index (χ1n) is 5.63. The van der Waals surface area contributed by atoms with Gasteiger partial charge in [-0.2, -0.15) is 8.42 Å². The van der Waals surface area contributed by atoms with Crippen LogP contribution >= 0.6 is 11.6 Å². The van der Waals surface area contributed by atoms with Crippen LogP contribution in [0.4, 0.5) is 0 Å². The molecule has 1 heterocycles. The fraction of sp³-hybridized carbons (Fsp3) is 0. The van der Waals surface area contributed by atoms with Gasteiger partial charge in [-0.1, -0.05) is 35.9 Å². The van der Waals surface area contributed by atoms with Crippen molar-refractivity contribution in [3.8, 4) is 0 Å². The summed E-state index contributed by atoms with van der Waals surface area (Å²) < 4.78 is 26.0. The average Bonchev–Trinajstić information content (AvgIpc) is 2.90. The zero-order valence-electron chi connectivity index (χ0n) is 10.1. The van der Waals surface area contributed by atoms with Crippen molar-refractivity contribution in [2.75, 3.05) is 4.83 Å². The maximum absolute atomic E-state index is 12.4. The van der Waals surface area contributed by atoms with Crippen LogP contribution in [0.25, 0.3) is 10.8 Å². The minimum Gasteiger partial charge on any atom is -0.221 e. The number of rotatable bonds is 3. The summed E-state index contributed by atoms with van der Waals surface area (Å²) in [6, 6.07) is 10.2. The van der Waals surface area contributed by atoms with Gasteiger partial charge in [-0.15, -0.1) is 10.2 Å². The zero-order chi connectivity index (χ0) is 14.2. The lowest BCUT2D eigenvalue weighted by Crippen LogP contribution is -2.22. The van der Waals surface area contributed by atoms with Crippen LogP contribution in [0.2, 0.25) is 5.02 Å². The van der Waals surface area contributed by atoms with Crippen molar-refractivity contribution in [2.24, 2.45) is 0 Å². The highest BCUT2D eigenvalue weighted by molar-refractivity contribution is 7.92. The number of nitrogens with one attached hydrogen (secondary N) is 1. The van der Waals surface area contributed by atoms with E-state index in [1.165, 1.54) is 18.7 Å². The highest BCUT2D eigenvalue weighted by atomic mass is 35.5. The molecule has 8 heteroatoms. The molecule has 0 unspecified atom stereocenters. The Morgan fingerprint density at radius 3 is 2.40 bits per heavy atom. The van der Waals surface area contributed by atoms with Crippen molar-refractivity contribution in [3.63, 3.8) is 0 Å². The minimum atomic E-state index is -3.78. The summed E-state index contributed by atoms with van der Waals surface area (Å²) in [6.07, 6.45) is 2.51. The second kappa shape index (κ2) is 4.77. The number of hydrogen-bond acceptors (Lipinski definition) is 4. The molecular formula is C12H9ClN4O2S. The van der Waals surface area contributed by atoms with E-state index >= 15 is 0 Å². The van der Waals surface area contributed by atoms with Crippen LogP contribution in [0, 0.1) is 0 Å². The third kappa shape index (κ3) is 2.21. The molecule has 0 aliphatic rings. The van der Waals surface area contributed by atoms with Gasteiger partial charge in [0.1, 0.15) is 12.7 Å². The van der Waals surface area contributed by atoms with E-state index in [4.69, 9.17) is 11.6 Å². The van der Waals surface area contributed by atoms with E-state index in [9.17, 15) is 8.42 Å². The van der Waals surface area contributed by atoms with Crippen LogP contribution in [-0.4, -0.2) is 23.3 Å². The lowest BCUT2D eigenvalue weighted by molar-refractivity contribution is 0.596. The molecule has 0 amide bonds. The number of benzene rings is 2. The molecule has 1 aromatic heterocycles. The molecule has 0 saturated heterocycles. The summed E-state index contributed by atoms with van der Waals surface area (Å²) in [5.74, 6) is 0. The van der Waals surface area contributed by atoms with Gasteiger partial charge in [0.05, 0.1) is 4.90 Å². The number of aromatic nitrogens is 3. The van der Waals surface area contributed by atoms with E-state index in [1.807, 2.05) is 0 Å². The predicted molar refractivity (Wildman–Crippen MR) is 75.5 cm³/mol. The lowest BCUT2D eigenvalue weighted by Gasteiger charge is -2.11. The van der Waals surface area contributed by atoms with Gasteiger partial charge in [0.15, 0.2) is 0 Å². The van der Waals surface area contributed by atoms with Crippen molar-refractivity contribution < 1.29 is 8.42 Å². The molecule has 0 spiro atoms. The standard InChI is InChI=1S/C12H9ClN4O2S/c13-10-5-1-3-9-4-2-6-11(12(9)10)20(18,19)16-17-7-14-15-8-17/h1-8,16H. The molecule has 2 aromatic carbocycles. The minimum absolute atomic E-state index is 0.106. The number of sulfonamides is 1. The molecule has 20 heavy (non-hydrogen) atoms. The predicted octanol–water partition coefficient (Wildman–Crippen LogP) is 2.02. The van der Waals surface area contributed by atoms with Crippen molar-refractivity contribution >= 4 is 32.4 Å². The monoisotopic (exact) mass is 308 g/mol. The van der Waals surface area contributed by atoms with Gasteiger partial charge < -0.3 is 0 Å². The fourth-order valence-corrected chi connectivity index (χ4v) is 3.49. The molecule has 1 N–H and O–H groups in total. The molecular weight excluding hydrogens is 300 g/mol. The Morgan fingerprint density at radius 1 is 1.05 bits per heavy atom. The molecule has 0 radical (unpaired) electrons. The van der Waals surface area contributed by atoms with Gasteiger partial charge in [-0.3, -0.25) is 0 Å². The van der Waals surface area contributed by atoms with Gasteiger partial charge in [-0.05, 0) is 17.5 Å². The molecule has 0 aliphatic carbocycles. The summed E-state index contributed by atoms with van der Waals surface area (Å²) in [6.45, 7) is 0. The van der Waals surface area contributed by atoms with Gasteiger partial charge >= 0.3 is 0 Å². The van der Waals surface area contributed by atoms with Crippen LogP contribution in [0.15, 0.2) is 53.9 Å². The number of nitrogens with zero attached hydrogens (tertiary/aromatic N) is 3. The Hall–Kier alpha value is -2.12. The van der Waals surface area contributed by atoms with Crippen LogP contribution in [0.5, 0.6) is 0 Å². The van der Waals surface area contributed by atoms with Crippen molar-refractivity contribution in [1.82, 2.24) is 14.9 Å². The summed E-state index contributed by atoms with van der Waals surface area (Å²) in [7, 11) is -3.78. The first-order chi connectivity index (χ1) is 9.58. The fourth-order valence-electron chi connectivity index (χ4n) is 1.92. The maximum atomic E-state index is 12.4. The van der Waals surface area contributed by atoms with Gasteiger partial charge in [0.2, 0.25) is 0 Å². The number of fused-ring (bicyclic) bond motifs is 1. The van der Waals surface area contributed by atoms with Gasteiger partial charge in [0, 0.05) is 10.4 Å². The number of halogens is 1. The molecule has 3 rings (SSSR count). The summed E-state index contributed by atoms with van der Waals surface area (Å²) >= 11 is 6.13. The van der Waals surface area contributed by atoms with E-state index in [1.54, 1.807) is 30.3 Å². The van der Waals surface area contributed by atoms with Crippen molar-refractivity contribution in [2.45, 2.75) is 4.90 Å². The quantitative estimate of drug-likeness (QED) is 0.803. The molecule has 6 nitrogen and oxygen atoms in total. The highest BCUT2D eigenvalue weighted by Crippen LogP contribution is 2.29. The van der Waals surface area contributed by atoms with E-state index in [2.05, 4.69) is 15.0 Å². The zero-order valence-corrected chi connectivity index (χ0v) is 11.6. The largest absolute Gasteiger partial charge is 0.276 e. The third-order valence-corrected chi connectivity index (χ3v) is 4.43. The molecule has 0 atom stereocenters. The first kappa shape index (κ1) is 12.9. The van der Waals surface area contributed by atoms with Crippen LogP contribution in [0.3, 0.4) is 0 Å². The lowest BCUT2D eigenvalue weighted by atomic mass is 10.1. The van der Waals surface area contributed by atoms with Gasteiger partial charge in [0.25, 0.3) is 10.0 Å². The third-order valence-electron chi connectivity index (χ3n) is 2.75.